The van der Waals surface area contributed by atoms with E-state index in [2.05, 4.69) is 48.9 Å². The molecule has 2 aromatic rings. The van der Waals surface area contributed by atoms with Crippen LogP contribution in [0.25, 0.3) is 0 Å². The average molecular weight is 613 g/mol. The Morgan fingerprint density at radius 2 is 1.51 bits per heavy atom. The number of halogens is 2. The van der Waals surface area contributed by atoms with Crippen LogP contribution >= 0.6 is 27.5 Å². The largest absolute Gasteiger partial charge is 0.483 e. The van der Waals surface area contributed by atoms with Crippen molar-refractivity contribution in [2.45, 2.75) is 59.3 Å². The number of anilines is 1. The van der Waals surface area contributed by atoms with Gasteiger partial charge in [-0.05, 0) is 68.7 Å². The predicted octanol–water partition coefficient (Wildman–Crippen LogP) is 7.52. The summed E-state index contributed by atoms with van der Waals surface area (Å²) in [6.45, 7) is 8.08. The Morgan fingerprint density at radius 3 is 2.05 bits per heavy atom. The lowest BCUT2D eigenvalue weighted by Gasteiger charge is -2.42. The van der Waals surface area contributed by atoms with Crippen molar-refractivity contribution in [2.24, 2.45) is 10.8 Å². The third-order valence-electron chi connectivity index (χ3n) is 7.36. The molecule has 0 spiro atoms. The summed E-state index contributed by atoms with van der Waals surface area (Å²) < 4.78 is 12.8. The molecular formula is C31H31BrClNO5. The maximum absolute atomic E-state index is 13.5. The summed E-state index contributed by atoms with van der Waals surface area (Å²) in [5, 5.41) is 3.35. The molecule has 0 saturated carbocycles. The van der Waals surface area contributed by atoms with Gasteiger partial charge in [0.2, 0.25) is 0 Å². The molecule has 1 amide bonds. The highest BCUT2D eigenvalue weighted by atomic mass is 79.9. The molecule has 0 saturated heterocycles. The molecule has 1 N–H and O–H groups in total. The van der Waals surface area contributed by atoms with Gasteiger partial charge in [0.15, 0.2) is 18.2 Å². The minimum atomic E-state index is -0.491. The molecule has 1 aliphatic heterocycles. The molecule has 0 atom stereocenters. The number of ether oxygens (including phenoxy) is 2. The van der Waals surface area contributed by atoms with Crippen LogP contribution in [-0.4, -0.2) is 24.1 Å². The lowest BCUT2D eigenvalue weighted by molar-refractivity contribution is -0.120. The van der Waals surface area contributed by atoms with Crippen molar-refractivity contribution in [2.75, 3.05) is 11.9 Å². The van der Waals surface area contributed by atoms with E-state index in [1.165, 1.54) is 0 Å². The molecule has 0 bridgehead atoms. The second kappa shape index (κ2) is 10.3. The van der Waals surface area contributed by atoms with Gasteiger partial charge in [-0.3, -0.25) is 14.4 Å². The summed E-state index contributed by atoms with van der Waals surface area (Å²) in [7, 11) is 0. The van der Waals surface area contributed by atoms with E-state index in [4.69, 9.17) is 21.1 Å². The molecule has 1 heterocycles. The number of allylic oxidation sites excluding steroid dienone is 4. The van der Waals surface area contributed by atoms with Crippen molar-refractivity contribution in [3.8, 4) is 5.75 Å². The average Bonchev–Trinajstić information content (AvgIpc) is 2.82. The van der Waals surface area contributed by atoms with Crippen LogP contribution in [0.1, 0.15) is 64.9 Å². The number of nitrogens with one attached hydrogen (secondary N) is 1. The number of Topliss-reactive ketones (excluding diaryl/α,β-unsaturated/α-hetero) is 2. The number of rotatable bonds is 5. The Hall–Kier alpha value is -2.90. The van der Waals surface area contributed by atoms with E-state index in [9.17, 15) is 14.4 Å². The highest BCUT2D eigenvalue weighted by Crippen LogP contribution is 2.53. The number of amides is 1. The number of benzene rings is 2. The molecule has 2 aromatic carbocycles. The summed E-state index contributed by atoms with van der Waals surface area (Å²) >= 11 is 9.48. The zero-order valence-electron chi connectivity index (χ0n) is 22.5. The van der Waals surface area contributed by atoms with Crippen LogP contribution < -0.4 is 10.1 Å². The topological polar surface area (TPSA) is 81.7 Å². The predicted molar refractivity (Wildman–Crippen MR) is 154 cm³/mol. The number of carbonyl (C=O) groups is 3. The highest BCUT2D eigenvalue weighted by molar-refractivity contribution is 9.10. The monoisotopic (exact) mass is 611 g/mol. The van der Waals surface area contributed by atoms with Crippen LogP contribution in [-0.2, 0) is 19.1 Å². The molecule has 3 aliphatic rings. The minimum Gasteiger partial charge on any atom is -0.483 e. The van der Waals surface area contributed by atoms with Crippen molar-refractivity contribution in [3.05, 3.63) is 80.2 Å². The first kappa shape index (κ1) is 27.7. The van der Waals surface area contributed by atoms with Crippen LogP contribution in [0, 0.1) is 10.8 Å². The standard InChI is InChI=1S/C31H31BrClNO5/c1-30(2)12-21(35)28-24(14-30)39-25-15-31(3,4)13-22(36)29(25)27(28)17-5-10-23(20(32)11-17)38-16-26(37)34-19-8-6-18(33)7-9-19/h5-11,27H,12-16H2,1-4H3,(H,34,37). The molecule has 5 rings (SSSR count). The molecule has 2 aliphatic carbocycles. The van der Waals surface area contributed by atoms with Gasteiger partial charge < -0.3 is 14.8 Å². The van der Waals surface area contributed by atoms with E-state index < -0.39 is 5.92 Å². The molecule has 8 heteroatoms. The molecule has 204 valence electrons. The van der Waals surface area contributed by atoms with Crippen molar-refractivity contribution in [1.29, 1.82) is 0 Å². The Labute approximate surface area is 241 Å². The fourth-order valence-corrected chi connectivity index (χ4v) is 6.33. The Balaban J connectivity index is 1.43. The van der Waals surface area contributed by atoms with E-state index in [-0.39, 0.29) is 34.9 Å². The van der Waals surface area contributed by atoms with E-state index in [0.717, 1.165) is 5.56 Å². The van der Waals surface area contributed by atoms with E-state index in [1.54, 1.807) is 30.3 Å². The van der Waals surface area contributed by atoms with Gasteiger partial charge in [0.25, 0.3) is 5.91 Å². The molecule has 0 aromatic heterocycles. The van der Waals surface area contributed by atoms with E-state index in [0.29, 0.717) is 69.3 Å². The van der Waals surface area contributed by atoms with Gasteiger partial charge in [0.05, 0.1) is 4.47 Å². The van der Waals surface area contributed by atoms with Gasteiger partial charge in [0, 0.05) is 53.5 Å². The first-order valence-electron chi connectivity index (χ1n) is 13.0. The highest BCUT2D eigenvalue weighted by Gasteiger charge is 2.47. The quantitative estimate of drug-likeness (QED) is 0.378. The molecular weight excluding hydrogens is 582 g/mol. The summed E-state index contributed by atoms with van der Waals surface area (Å²) in [4.78, 5) is 39.4. The van der Waals surface area contributed by atoms with Crippen LogP contribution in [0.2, 0.25) is 5.02 Å². The smallest absolute Gasteiger partial charge is 0.262 e. The van der Waals surface area contributed by atoms with Crippen LogP contribution in [0.4, 0.5) is 5.69 Å². The number of hydrogen-bond acceptors (Lipinski definition) is 5. The first-order valence-corrected chi connectivity index (χ1v) is 14.2. The first-order chi connectivity index (χ1) is 18.3. The van der Waals surface area contributed by atoms with Crippen molar-refractivity contribution < 1.29 is 23.9 Å². The fourth-order valence-electron chi connectivity index (χ4n) is 5.70. The Morgan fingerprint density at radius 1 is 0.949 bits per heavy atom. The lowest BCUT2D eigenvalue weighted by atomic mass is 9.65. The summed E-state index contributed by atoms with van der Waals surface area (Å²) in [6, 6.07) is 12.3. The number of carbonyl (C=O) groups excluding carboxylic acids is 3. The molecule has 0 fully saturated rings. The van der Waals surface area contributed by atoms with E-state index in [1.807, 2.05) is 12.1 Å². The maximum atomic E-state index is 13.5. The zero-order valence-corrected chi connectivity index (χ0v) is 24.8. The number of ketones is 2. The second-order valence-electron chi connectivity index (χ2n) is 12.1. The third-order valence-corrected chi connectivity index (χ3v) is 8.23. The molecule has 6 nitrogen and oxygen atoms in total. The second-order valence-corrected chi connectivity index (χ2v) is 13.4. The normalized spacial score (nSPS) is 20.3. The van der Waals surface area contributed by atoms with Crippen LogP contribution in [0.3, 0.4) is 0 Å². The van der Waals surface area contributed by atoms with Gasteiger partial charge in [-0.2, -0.15) is 0 Å². The van der Waals surface area contributed by atoms with Crippen molar-refractivity contribution in [1.82, 2.24) is 0 Å². The van der Waals surface area contributed by atoms with Gasteiger partial charge >= 0.3 is 0 Å². The SMILES string of the molecule is CC1(C)CC(=O)C2=C(C1)OC1=C(C(=O)CC(C)(C)C1)C2c1ccc(OCC(=O)Nc2ccc(Cl)cc2)c(Br)c1. The number of hydrogen-bond donors (Lipinski definition) is 1. The van der Waals surface area contributed by atoms with Gasteiger partial charge in [-0.25, -0.2) is 0 Å². The van der Waals surface area contributed by atoms with Gasteiger partial charge in [-0.15, -0.1) is 0 Å². The van der Waals surface area contributed by atoms with Crippen molar-refractivity contribution in [3.63, 3.8) is 0 Å². The van der Waals surface area contributed by atoms with Crippen LogP contribution in [0.15, 0.2) is 69.6 Å². The Kier molecular flexibility index (Phi) is 7.27. The Bertz CT molecular complexity index is 1390. The molecule has 39 heavy (non-hydrogen) atoms. The van der Waals surface area contributed by atoms with Crippen LogP contribution in [0.5, 0.6) is 5.75 Å². The van der Waals surface area contributed by atoms with E-state index >= 15 is 0 Å². The maximum Gasteiger partial charge on any atom is 0.262 e. The fraction of sp³-hybridized carbons (Fsp3) is 0.387. The summed E-state index contributed by atoms with van der Waals surface area (Å²) in [5.74, 6) is 1.08. The van der Waals surface area contributed by atoms with Gasteiger partial charge in [-0.1, -0.05) is 45.4 Å². The van der Waals surface area contributed by atoms with Gasteiger partial charge in [0.1, 0.15) is 17.3 Å². The van der Waals surface area contributed by atoms with Crippen molar-refractivity contribution >= 4 is 50.7 Å². The molecule has 0 radical (unpaired) electrons. The minimum absolute atomic E-state index is 0.0192. The summed E-state index contributed by atoms with van der Waals surface area (Å²) in [5.41, 5.74) is 2.18. The molecule has 0 unspecified atom stereocenters. The lowest BCUT2D eigenvalue weighted by Crippen LogP contribution is -2.37. The third kappa shape index (κ3) is 5.85. The zero-order chi connectivity index (χ0) is 28.1. The summed E-state index contributed by atoms with van der Waals surface area (Å²) in [6.07, 6.45) is 2.08.